The Balaban J connectivity index is 2.03. The number of nitrogens with one attached hydrogen (secondary N) is 1. The van der Waals surface area contributed by atoms with E-state index in [0.29, 0.717) is 24.5 Å². The van der Waals surface area contributed by atoms with Crippen molar-refractivity contribution >= 4 is 5.95 Å². The van der Waals surface area contributed by atoms with E-state index in [0.717, 1.165) is 31.6 Å². The highest BCUT2D eigenvalue weighted by Crippen LogP contribution is 2.26. The van der Waals surface area contributed by atoms with Crippen LogP contribution in [0.15, 0.2) is 6.07 Å². The van der Waals surface area contributed by atoms with E-state index in [4.69, 9.17) is 9.47 Å². The van der Waals surface area contributed by atoms with Crippen LogP contribution in [0.3, 0.4) is 0 Å². The third-order valence-corrected chi connectivity index (χ3v) is 3.32. The topological polar surface area (TPSA) is 56.3 Å². The van der Waals surface area contributed by atoms with Crippen LogP contribution in [0.4, 0.5) is 5.95 Å². The molecule has 1 aliphatic rings. The number of anilines is 1. The van der Waals surface area contributed by atoms with Crippen LogP contribution < -0.4 is 10.1 Å². The summed E-state index contributed by atoms with van der Waals surface area (Å²) in [4.78, 5) is 8.87. The van der Waals surface area contributed by atoms with Crippen molar-refractivity contribution in [1.82, 2.24) is 9.97 Å². The number of ether oxygens (including phenoxy) is 2. The fraction of sp³-hybridized carbons (Fsp3) is 0.733. The molecule has 0 spiro atoms. The number of rotatable bonds is 5. The quantitative estimate of drug-likeness (QED) is 0.898. The number of nitrogens with zero attached hydrogens (tertiary/aromatic N) is 2. The lowest BCUT2D eigenvalue weighted by atomic mass is 9.94. The first kappa shape index (κ1) is 15.0. The second-order valence-corrected chi connectivity index (χ2v) is 5.96. The van der Waals surface area contributed by atoms with E-state index in [1.807, 2.05) is 13.0 Å². The van der Waals surface area contributed by atoms with Crippen molar-refractivity contribution in [2.45, 2.75) is 58.6 Å². The highest BCUT2D eigenvalue weighted by molar-refractivity contribution is 5.32. The standard InChI is InChI=1S/C15H25N3O2/c1-5-7-19-13-9-11(2)16-14(18-13)17-12-6-8-20-15(3,4)10-12/h9,12H,5-8,10H2,1-4H3,(H,16,17,18). The minimum atomic E-state index is -0.0821. The number of aromatic nitrogens is 2. The zero-order valence-electron chi connectivity index (χ0n) is 12.9. The summed E-state index contributed by atoms with van der Waals surface area (Å²) in [6.45, 7) is 9.73. The van der Waals surface area contributed by atoms with Crippen molar-refractivity contribution in [1.29, 1.82) is 0 Å². The number of hydrogen-bond acceptors (Lipinski definition) is 5. The van der Waals surface area contributed by atoms with E-state index >= 15 is 0 Å². The molecule has 0 radical (unpaired) electrons. The second-order valence-electron chi connectivity index (χ2n) is 5.96. The molecular weight excluding hydrogens is 254 g/mol. The van der Waals surface area contributed by atoms with Crippen molar-refractivity contribution in [3.63, 3.8) is 0 Å². The largest absolute Gasteiger partial charge is 0.478 e. The van der Waals surface area contributed by atoms with Gasteiger partial charge in [-0.05, 0) is 40.0 Å². The molecular formula is C15H25N3O2. The summed E-state index contributed by atoms with van der Waals surface area (Å²) in [5.74, 6) is 1.30. The minimum absolute atomic E-state index is 0.0821. The molecule has 0 saturated carbocycles. The van der Waals surface area contributed by atoms with Gasteiger partial charge in [-0.2, -0.15) is 4.98 Å². The van der Waals surface area contributed by atoms with Crippen LogP contribution in [-0.2, 0) is 4.74 Å². The van der Waals surface area contributed by atoms with E-state index in [-0.39, 0.29) is 5.60 Å². The lowest BCUT2D eigenvalue weighted by molar-refractivity contribution is -0.0554. The smallest absolute Gasteiger partial charge is 0.226 e. The van der Waals surface area contributed by atoms with Gasteiger partial charge in [-0.25, -0.2) is 4.98 Å². The van der Waals surface area contributed by atoms with Crippen LogP contribution in [-0.4, -0.2) is 34.8 Å². The monoisotopic (exact) mass is 279 g/mol. The number of aryl methyl sites for hydroxylation is 1. The van der Waals surface area contributed by atoms with Gasteiger partial charge in [0.2, 0.25) is 11.8 Å². The summed E-state index contributed by atoms with van der Waals surface area (Å²) in [7, 11) is 0. The van der Waals surface area contributed by atoms with Crippen LogP contribution >= 0.6 is 0 Å². The van der Waals surface area contributed by atoms with E-state index in [1.165, 1.54) is 0 Å². The van der Waals surface area contributed by atoms with Crippen LogP contribution in [0.5, 0.6) is 5.88 Å². The number of hydrogen-bond donors (Lipinski definition) is 1. The molecule has 1 atom stereocenters. The maximum absolute atomic E-state index is 5.73. The Hall–Kier alpha value is -1.36. The molecule has 0 bridgehead atoms. The van der Waals surface area contributed by atoms with Crippen molar-refractivity contribution in [2.75, 3.05) is 18.5 Å². The molecule has 1 aromatic heterocycles. The molecule has 112 valence electrons. The Morgan fingerprint density at radius 1 is 1.45 bits per heavy atom. The van der Waals surface area contributed by atoms with Gasteiger partial charge in [0.05, 0.1) is 12.2 Å². The summed E-state index contributed by atoms with van der Waals surface area (Å²) in [6, 6.07) is 2.22. The maximum atomic E-state index is 5.73. The van der Waals surface area contributed by atoms with Crippen molar-refractivity contribution in [3.05, 3.63) is 11.8 Å². The lowest BCUT2D eigenvalue weighted by Crippen LogP contribution is -2.40. The van der Waals surface area contributed by atoms with E-state index in [2.05, 4.69) is 36.1 Å². The van der Waals surface area contributed by atoms with Gasteiger partial charge in [-0.15, -0.1) is 0 Å². The van der Waals surface area contributed by atoms with Crippen LogP contribution in [0.2, 0.25) is 0 Å². The average molecular weight is 279 g/mol. The Kier molecular flexibility index (Phi) is 4.81. The summed E-state index contributed by atoms with van der Waals surface area (Å²) in [6.07, 6.45) is 2.90. The Labute approximate surface area is 121 Å². The highest BCUT2D eigenvalue weighted by Gasteiger charge is 2.29. The normalized spacial score (nSPS) is 21.5. The summed E-state index contributed by atoms with van der Waals surface area (Å²) >= 11 is 0. The molecule has 0 aromatic carbocycles. The van der Waals surface area contributed by atoms with Gasteiger partial charge in [-0.3, -0.25) is 0 Å². The van der Waals surface area contributed by atoms with Crippen LogP contribution in [0, 0.1) is 6.92 Å². The molecule has 1 aromatic rings. The molecule has 1 fully saturated rings. The second kappa shape index (κ2) is 6.39. The molecule has 2 rings (SSSR count). The fourth-order valence-corrected chi connectivity index (χ4v) is 2.42. The minimum Gasteiger partial charge on any atom is -0.478 e. The molecule has 0 aliphatic carbocycles. The summed E-state index contributed by atoms with van der Waals surface area (Å²) in [5, 5.41) is 3.41. The first-order chi connectivity index (χ1) is 9.48. The van der Waals surface area contributed by atoms with Gasteiger partial charge in [0.25, 0.3) is 0 Å². The third-order valence-electron chi connectivity index (χ3n) is 3.32. The Morgan fingerprint density at radius 3 is 2.95 bits per heavy atom. The van der Waals surface area contributed by atoms with Gasteiger partial charge in [-0.1, -0.05) is 6.92 Å². The molecule has 0 amide bonds. The van der Waals surface area contributed by atoms with Gasteiger partial charge >= 0.3 is 0 Å². The molecule has 1 N–H and O–H groups in total. The molecule has 2 heterocycles. The molecule has 1 aliphatic heterocycles. The lowest BCUT2D eigenvalue weighted by Gasteiger charge is -2.35. The van der Waals surface area contributed by atoms with Crippen LogP contribution in [0.1, 0.15) is 45.7 Å². The van der Waals surface area contributed by atoms with Gasteiger partial charge in [0.1, 0.15) is 0 Å². The van der Waals surface area contributed by atoms with Crippen molar-refractivity contribution in [3.8, 4) is 5.88 Å². The van der Waals surface area contributed by atoms with Gasteiger partial charge in [0, 0.05) is 24.4 Å². The highest BCUT2D eigenvalue weighted by atomic mass is 16.5. The molecule has 1 unspecified atom stereocenters. The molecule has 5 heteroatoms. The van der Waals surface area contributed by atoms with Crippen molar-refractivity contribution < 1.29 is 9.47 Å². The van der Waals surface area contributed by atoms with Crippen molar-refractivity contribution in [2.24, 2.45) is 0 Å². The van der Waals surface area contributed by atoms with E-state index in [1.54, 1.807) is 0 Å². The Bertz CT molecular complexity index is 449. The Morgan fingerprint density at radius 2 is 2.25 bits per heavy atom. The molecule has 20 heavy (non-hydrogen) atoms. The van der Waals surface area contributed by atoms with Crippen LogP contribution in [0.25, 0.3) is 0 Å². The van der Waals surface area contributed by atoms with Gasteiger partial charge < -0.3 is 14.8 Å². The van der Waals surface area contributed by atoms with E-state index in [9.17, 15) is 0 Å². The van der Waals surface area contributed by atoms with Gasteiger partial charge in [0.15, 0.2) is 0 Å². The third kappa shape index (κ3) is 4.34. The molecule has 1 saturated heterocycles. The SMILES string of the molecule is CCCOc1cc(C)nc(NC2CCOC(C)(C)C2)n1. The predicted molar refractivity (Wildman–Crippen MR) is 79.2 cm³/mol. The maximum Gasteiger partial charge on any atom is 0.226 e. The first-order valence-electron chi connectivity index (χ1n) is 7.37. The fourth-order valence-electron chi connectivity index (χ4n) is 2.42. The summed E-state index contributed by atoms with van der Waals surface area (Å²) in [5.41, 5.74) is 0.835. The first-order valence-corrected chi connectivity index (χ1v) is 7.37. The average Bonchev–Trinajstić information content (AvgIpc) is 2.34. The zero-order valence-corrected chi connectivity index (χ0v) is 12.9. The molecule has 5 nitrogen and oxygen atoms in total. The zero-order chi connectivity index (χ0) is 14.6. The van der Waals surface area contributed by atoms with E-state index < -0.39 is 0 Å². The summed E-state index contributed by atoms with van der Waals surface area (Å²) < 4.78 is 11.3. The predicted octanol–water partition coefficient (Wildman–Crippen LogP) is 2.94.